The van der Waals surface area contributed by atoms with Crippen LogP contribution in [0.4, 0.5) is 0 Å². The van der Waals surface area contributed by atoms with Crippen molar-refractivity contribution in [3.8, 4) is 0 Å². The van der Waals surface area contributed by atoms with Crippen molar-refractivity contribution >= 4 is 0 Å². The minimum atomic E-state index is 0.120. The Morgan fingerprint density at radius 2 is 0.967 bits per heavy atom. The molecule has 4 rings (SSSR count). The third kappa shape index (κ3) is 4.24. The van der Waals surface area contributed by atoms with E-state index in [4.69, 9.17) is 0 Å². The molecule has 0 heteroatoms. The Kier molecular flexibility index (Phi) is 6.01. The molecule has 0 fully saturated rings. The summed E-state index contributed by atoms with van der Waals surface area (Å²) in [5.74, 6) is 0. The number of aryl methyl sites for hydroxylation is 6. The first-order valence-electron chi connectivity index (χ1n) is 11.2. The number of benzene rings is 3. The molecule has 0 saturated carbocycles. The van der Waals surface area contributed by atoms with E-state index in [-0.39, 0.29) is 10.8 Å². The predicted octanol–water partition coefficient (Wildman–Crippen LogP) is 8.21. The zero-order chi connectivity index (χ0) is 22.3. The van der Waals surface area contributed by atoms with Crippen molar-refractivity contribution in [1.82, 2.24) is 0 Å². The van der Waals surface area contributed by atoms with E-state index in [1.165, 1.54) is 56.5 Å². The number of hydrogen-bond acceptors (Lipinski definition) is 0. The molecule has 1 unspecified atom stereocenters. The highest BCUT2D eigenvalue weighted by molar-refractivity contribution is 5.56. The second kappa shape index (κ2) is 8.06. The maximum Gasteiger partial charge on any atom is 0.0188 e. The van der Waals surface area contributed by atoms with Crippen LogP contribution < -0.4 is 0 Å². The molecule has 1 atom stereocenters. The van der Waals surface area contributed by atoms with E-state index in [0.717, 1.165) is 0 Å². The van der Waals surface area contributed by atoms with Gasteiger partial charge in [0.2, 0.25) is 0 Å². The largest absolute Gasteiger partial charge is 0.0591 e. The van der Waals surface area contributed by atoms with Gasteiger partial charge in [0.05, 0.1) is 0 Å². The van der Waals surface area contributed by atoms with Crippen molar-refractivity contribution < 1.29 is 0 Å². The maximum absolute atomic E-state index is 2.44. The highest BCUT2D eigenvalue weighted by Gasteiger charge is 2.46. The first-order chi connectivity index (χ1) is 13.9. The van der Waals surface area contributed by atoms with Crippen LogP contribution >= 0.6 is 0 Å². The molecule has 0 saturated heterocycles. The summed E-state index contributed by atoms with van der Waals surface area (Å²) in [6, 6.07) is 20.3. The molecule has 0 heterocycles. The standard InChI is InChI=1S/C22H28.C8H10/c1-14-8-9-18(17(4)10-14)22(7)13-21(5,6)19-11-15(2)16(3)12-20(19)22;1-7-3-5-8(2)6-4-7/h8-12H,13H2,1-7H3;3-6H,1-2H3. The molecule has 0 N–H and O–H groups in total. The predicted molar refractivity (Wildman–Crippen MR) is 132 cm³/mol. The summed E-state index contributed by atoms with van der Waals surface area (Å²) in [5.41, 5.74) is 13.2. The summed E-state index contributed by atoms with van der Waals surface area (Å²) < 4.78 is 0. The Labute approximate surface area is 184 Å². The van der Waals surface area contributed by atoms with Gasteiger partial charge in [0.1, 0.15) is 0 Å². The van der Waals surface area contributed by atoms with Crippen LogP contribution in [0.2, 0.25) is 0 Å². The van der Waals surface area contributed by atoms with Crippen LogP contribution in [0.5, 0.6) is 0 Å². The topological polar surface area (TPSA) is 0 Å². The van der Waals surface area contributed by atoms with Gasteiger partial charge < -0.3 is 0 Å². The van der Waals surface area contributed by atoms with Gasteiger partial charge in [-0.2, -0.15) is 0 Å². The third-order valence-corrected chi connectivity index (χ3v) is 6.95. The normalized spacial score (nSPS) is 19.1. The quantitative estimate of drug-likeness (QED) is 0.387. The van der Waals surface area contributed by atoms with Gasteiger partial charge in [-0.05, 0) is 86.8 Å². The fourth-order valence-electron chi connectivity index (χ4n) is 5.22. The molecule has 0 radical (unpaired) electrons. The van der Waals surface area contributed by atoms with Crippen molar-refractivity contribution in [2.24, 2.45) is 0 Å². The smallest absolute Gasteiger partial charge is 0.0188 e. The monoisotopic (exact) mass is 398 g/mol. The van der Waals surface area contributed by atoms with Crippen molar-refractivity contribution in [3.05, 3.63) is 105 Å². The molecule has 3 aromatic carbocycles. The van der Waals surface area contributed by atoms with Gasteiger partial charge in [-0.3, -0.25) is 0 Å². The van der Waals surface area contributed by atoms with Crippen molar-refractivity contribution in [2.75, 3.05) is 0 Å². The molecule has 158 valence electrons. The number of rotatable bonds is 1. The number of fused-ring (bicyclic) bond motifs is 1. The van der Waals surface area contributed by atoms with Crippen molar-refractivity contribution in [2.45, 2.75) is 79.6 Å². The summed E-state index contributed by atoms with van der Waals surface area (Å²) in [6.07, 6.45) is 1.18. The molecule has 3 aromatic rings. The summed E-state index contributed by atoms with van der Waals surface area (Å²) in [4.78, 5) is 0. The van der Waals surface area contributed by atoms with Gasteiger partial charge in [-0.1, -0.05) is 92.1 Å². The lowest BCUT2D eigenvalue weighted by atomic mass is 9.73. The Hall–Kier alpha value is -2.34. The molecule has 0 aromatic heterocycles. The van der Waals surface area contributed by atoms with Crippen molar-refractivity contribution in [1.29, 1.82) is 0 Å². The molecule has 0 aliphatic heterocycles. The van der Waals surface area contributed by atoms with E-state index in [1.807, 2.05) is 0 Å². The lowest BCUT2D eigenvalue weighted by molar-refractivity contribution is 0.424. The minimum Gasteiger partial charge on any atom is -0.0591 e. The Balaban J connectivity index is 0.000000269. The minimum absolute atomic E-state index is 0.120. The van der Waals surface area contributed by atoms with Gasteiger partial charge in [-0.25, -0.2) is 0 Å². The fraction of sp³-hybridized carbons (Fsp3) is 0.400. The highest BCUT2D eigenvalue weighted by Crippen LogP contribution is 2.53. The maximum atomic E-state index is 2.44. The first-order valence-corrected chi connectivity index (χ1v) is 11.2. The molecular formula is C30H38. The fourth-order valence-corrected chi connectivity index (χ4v) is 5.22. The van der Waals surface area contributed by atoms with Gasteiger partial charge in [0.25, 0.3) is 0 Å². The van der Waals surface area contributed by atoms with Crippen LogP contribution in [0.25, 0.3) is 0 Å². The van der Waals surface area contributed by atoms with Gasteiger partial charge in [0, 0.05) is 5.41 Å². The van der Waals surface area contributed by atoms with Gasteiger partial charge >= 0.3 is 0 Å². The van der Waals surface area contributed by atoms with E-state index >= 15 is 0 Å². The lowest BCUT2D eigenvalue weighted by Gasteiger charge is -2.30. The van der Waals surface area contributed by atoms with E-state index in [2.05, 4.69) is 117 Å². The van der Waals surface area contributed by atoms with Crippen LogP contribution in [-0.4, -0.2) is 0 Å². The van der Waals surface area contributed by atoms with E-state index < -0.39 is 0 Å². The summed E-state index contributed by atoms with van der Waals surface area (Å²) in [5, 5.41) is 0. The summed E-state index contributed by atoms with van der Waals surface area (Å²) >= 11 is 0. The second-order valence-electron chi connectivity index (χ2n) is 10.3. The Morgan fingerprint density at radius 1 is 0.500 bits per heavy atom. The highest BCUT2D eigenvalue weighted by atomic mass is 14.5. The van der Waals surface area contributed by atoms with Crippen LogP contribution in [0, 0.1) is 41.5 Å². The van der Waals surface area contributed by atoms with Crippen LogP contribution in [-0.2, 0) is 10.8 Å². The molecule has 0 nitrogen and oxygen atoms in total. The average Bonchev–Trinajstić information content (AvgIpc) is 2.85. The first kappa shape index (κ1) is 22.3. The zero-order valence-corrected chi connectivity index (χ0v) is 20.4. The molecule has 1 aliphatic carbocycles. The summed E-state index contributed by atoms with van der Waals surface area (Å²) in [6.45, 7) is 20.3. The van der Waals surface area contributed by atoms with E-state index in [9.17, 15) is 0 Å². The molecule has 30 heavy (non-hydrogen) atoms. The zero-order valence-electron chi connectivity index (χ0n) is 20.4. The van der Waals surface area contributed by atoms with E-state index in [0.29, 0.717) is 0 Å². The average molecular weight is 399 g/mol. The molecule has 1 aliphatic rings. The Morgan fingerprint density at radius 3 is 1.47 bits per heavy atom. The van der Waals surface area contributed by atoms with Gasteiger partial charge in [-0.15, -0.1) is 0 Å². The third-order valence-electron chi connectivity index (χ3n) is 6.95. The van der Waals surface area contributed by atoms with Crippen LogP contribution in [0.15, 0.2) is 54.6 Å². The Bertz CT molecular complexity index is 1030. The molecular weight excluding hydrogens is 360 g/mol. The van der Waals surface area contributed by atoms with E-state index in [1.54, 1.807) is 0 Å². The molecule has 0 spiro atoms. The van der Waals surface area contributed by atoms with Gasteiger partial charge in [0.15, 0.2) is 0 Å². The summed E-state index contributed by atoms with van der Waals surface area (Å²) in [7, 11) is 0. The number of hydrogen-bond donors (Lipinski definition) is 0. The molecule has 0 amide bonds. The second-order valence-corrected chi connectivity index (χ2v) is 10.3. The van der Waals surface area contributed by atoms with Crippen molar-refractivity contribution in [3.63, 3.8) is 0 Å². The lowest BCUT2D eigenvalue weighted by Crippen LogP contribution is -2.24. The molecule has 0 bridgehead atoms. The van der Waals surface area contributed by atoms with Crippen LogP contribution in [0.3, 0.4) is 0 Å². The van der Waals surface area contributed by atoms with Crippen LogP contribution in [0.1, 0.15) is 77.3 Å². The SMILES string of the molecule is Cc1ccc(C)cc1.Cc1ccc(C2(C)CC(C)(C)c3cc(C)c(C)cc32)c(C)c1.